The van der Waals surface area contributed by atoms with Crippen molar-refractivity contribution >= 4 is 17.8 Å². The summed E-state index contributed by atoms with van der Waals surface area (Å²) in [5.74, 6) is -2.71. The van der Waals surface area contributed by atoms with Crippen molar-refractivity contribution in [3.63, 3.8) is 0 Å². The second-order valence-corrected chi connectivity index (χ2v) is 4.27. The summed E-state index contributed by atoms with van der Waals surface area (Å²) in [5.41, 5.74) is 4.29. The number of amides is 1. The summed E-state index contributed by atoms with van der Waals surface area (Å²) < 4.78 is 0. The first kappa shape index (κ1) is 13.4. The van der Waals surface area contributed by atoms with Crippen molar-refractivity contribution in [3.05, 3.63) is 0 Å². The van der Waals surface area contributed by atoms with Gasteiger partial charge in [-0.2, -0.15) is 0 Å². The minimum absolute atomic E-state index is 0.00311. The molecule has 1 aliphatic carbocycles. The Bertz CT molecular complexity index is 338. The molecule has 1 aliphatic rings. The third kappa shape index (κ3) is 3.16. The standard InChI is InChI=1S/C10H16N2O5/c11-6(2-3-7(13)14)8(15)12-10(9(16)17)4-1-5-10/h6H,1-5,11H2,(H,12,15)(H,13,14)(H,16,17). The van der Waals surface area contributed by atoms with Crippen LogP contribution in [0.3, 0.4) is 0 Å². The molecule has 0 heterocycles. The average molecular weight is 244 g/mol. The smallest absolute Gasteiger partial charge is 0.329 e. The monoisotopic (exact) mass is 244 g/mol. The number of carboxylic acids is 2. The molecule has 1 rings (SSSR count). The van der Waals surface area contributed by atoms with Crippen molar-refractivity contribution in [1.29, 1.82) is 0 Å². The molecule has 0 aromatic heterocycles. The highest BCUT2D eigenvalue weighted by atomic mass is 16.4. The molecule has 0 radical (unpaired) electrons. The summed E-state index contributed by atoms with van der Waals surface area (Å²) in [5, 5.41) is 19.8. The summed E-state index contributed by atoms with van der Waals surface area (Å²) in [6, 6.07) is -0.983. The normalized spacial score (nSPS) is 18.9. The van der Waals surface area contributed by atoms with Crippen LogP contribution in [0.15, 0.2) is 0 Å². The highest BCUT2D eigenvalue weighted by Crippen LogP contribution is 2.32. The molecular formula is C10H16N2O5. The predicted molar refractivity (Wildman–Crippen MR) is 57.2 cm³/mol. The Morgan fingerprint density at radius 1 is 1.29 bits per heavy atom. The molecule has 1 saturated carbocycles. The third-order valence-electron chi connectivity index (χ3n) is 2.98. The van der Waals surface area contributed by atoms with E-state index < -0.39 is 29.4 Å². The minimum atomic E-state index is -1.20. The molecule has 17 heavy (non-hydrogen) atoms. The molecular weight excluding hydrogens is 228 g/mol. The maximum absolute atomic E-state index is 11.6. The fraction of sp³-hybridized carbons (Fsp3) is 0.700. The van der Waals surface area contributed by atoms with Crippen LogP contribution in [0, 0.1) is 0 Å². The lowest BCUT2D eigenvalue weighted by molar-refractivity contribution is -0.152. The van der Waals surface area contributed by atoms with Crippen LogP contribution in [0.25, 0.3) is 0 Å². The molecule has 0 aromatic carbocycles. The molecule has 5 N–H and O–H groups in total. The Morgan fingerprint density at radius 2 is 1.88 bits per heavy atom. The van der Waals surface area contributed by atoms with Crippen LogP contribution in [0.4, 0.5) is 0 Å². The van der Waals surface area contributed by atoms with E-state index in [0.29, 0.717) is 12.8 Å². The molecule has 1 amide bonds. The van der Waals surface area contributed by atoms with E-state index in [1.54, 1.807) is 0 Å². The number of carbonyl (C=O) groups excluding carboxylic acids is 1. The van der Waals surface area contributed by atoms with Crippen LogP contribution in [0.1, 0.15) is 32.1 Å². The van der Waals surface area contributed by atoms with Gasteiger partial charge in [-0.25, -0.2) is 4.79 Å². The number of aliphatic carboxylic acids is 2. The molecule has 0 spiro atoms. The van der Waals surface area contributed by atoms with Gasteiger partial charge in [-0.15, -0.1) is 0 Å². The van der Waals surface area contributed by atoms with E-state index in [1.165, 1.54) is 0 Å². The van der Waals surface area contributed by atoms with E-state index in [-0.39, 0.29) is 12.8 Å². The van der Waals surface area contributed by atoms with Gasteiger partial charge in [0.2, 0.25) is 5.91 Å². The van der Waals surface area contributed by atoms with Gasteiger partial charge >= 0.3 is 11.9 Å². The number of carbonyl (C=O) groups is 3. The van der Waals surface area contributed by atoms with Crippen LogP contribution in [-0.4, -0.2) is 39.6 Å². The molecule has 1 fully saturated rings. The van der Waals surface area contributed by atoms with Crippen LogP contribution in [0.2, 0.25) is 0 Å². The second kappa shape index (κ2) is 5.13. The lowest BCUT2D eigenvalue weighted by atomic mass is 9.76. The quantitative estimate of drug-likeness (QED) is 0.489. The van der Waals surface area contributed by atoms with Gasteiger partial charge in [0.05, 0.1) is 6.04 Å². The summed E-state index contributed by atoms with van der Waals surface area (Å²) >= 11 is 0. The maximum atomic E-state index is 11.6. The van der Waals surface area contributed by atoms with Crippen molar-refractivity contribution in [3.8, 4) is 0 Å². The Labute approximate surface area is 98.0 Å². The van der Waals surface area contributed by atoms with Crippen LogP contribution in [0.5, 0.6) is 0 Å². The van der Waals surface area contributed by atoms with Gasteiger partial charge in [0.25, 0.3) is 0 Å². The van der Waals surface area contributed by atoms with Crippen LogP contribution < -0.4 is 11.1 Å². The van der Waals surface area contributed by atoms with E-state index >= 15 is 0 Å². The molecule has 0 saturated heterocycles. The van der Waals surface area contributed by atoms with Crippen LogP contribution in [-0.2, 0) is 14.4 Å². The highest BCUT2D eigenvalue weighted by molar-refractivity contribution is 5.90. The third-order valence-corrected chi connectivity index (χ3v) is 2.98. The number of carboxylic acid groups (broad SMARTS) is 2. The number of nitrogens with two attached hydrogens (primary N) is 1. The topological polar surface area (TPSA) is 130 Å². The number of nitrogens with one attached hydrogen (secondary N) is 1. The Morgan fingerprint density at radius 3 is 2.24 bits per heavy atom. The first-order valence-electron chi connectivity index (χ1n) is 5.40. The zero-order chi connectivity index (χ0) is 13.1. The molecule has 1 atom stereocenters. The lowest BCUT2D eigenvalue weighted by Gasteiger charge is -2.38. The molecule has 0 aromatic rings. The summed E-state index contributed by atoms with van der Waals surface area (Å²) in [7, 11) is 0. The average Bonchev–Trinajstić information content (AvgIpc) is 2.18. The van der Waals surface area contributed by atoms with Crippen LogP contribution >= 0.6 is 0 Å². The Kier molecular flexibility index (Phi) is 4.06. The van der Waals surface area contributed by atoms with Crippen molar-refractivity contribution in [2.45, 2.75) is 43.7 Å². The van der Waals surface area contributed by atoms with Gasteiger partial charge in [0, 0.05) is 6.42 Å². The Balaban J connectivity index is 2.47. The molecule has 96 valence electrons. The van der Waals surface area contributed by atoms with Crippen molar-refractivity contribution in [2.75, 3.05) is 0 Å². The van der Waals surface area contributed by atoms with E-state index in [1.807, 2.05) is 0 Å². The fourth-order valence-corrected chi connectivity index (χ4v) is 1.66. The number of hydrogen-bond donors (Lipinski definition) is 4. The maximum Gasteiger partial charge on any atom is 0.329 e. The molecule has 7 heteroatoms. The van der Waals surface area contributed by atoms with Gasteiger partial charge in [-0.1, -0.05) is 0 Å². The van der Waals surface area contributed by atoms with E-state index in [2.05, 4.69) is 5.32 Å². The van der Waals surface area contributed by atoms with E-state index in [9.17, 15) is 14.4 Å². The summed E-state index contributed by atoms with van der Waals surface area (Å²) in [6.07, 6.45) is 1.31. The van der Waals surface area contributed by atoms with Gasteiger partial charge in [0.1, 0.15) is 5.54 Å². The van der Waals surface area contributed by atoms with E-state index in [0.717, 1.165) is 6.42 Å². The summed E-state index contributed by atoms with van der Waals surface area (Å²) in [4.78, 5) is 32.9. The van der Waals surface area contributed by atoms with Gasteiger partial charge in [-0.05, 0) is 25.7 Å². The van der Waals surface area contributed by atoms with E-state index in [4.69, 9.17) is 15.9 Å². The Hall–Kier alpha value is -1.63. The highest BCUT2D eigenvalue weighted by Gasteiger charge is 2.46. The SMILES string of the molecule is NC(CCC(=O)O)C(=O)NC1(C(=O)O)CCC1. The van der Waals surface area contributed by atoms with Gasteiger partial charge < -0.3 is 21.3 Å². The lowest BCUT2D eigenvalue weighted by Crippen LogP contribution is -2.61. The molecule has 0 aliphatic heterocycles. The zero-order valence-electron chi connectivity index (χ0n) is 9.31. The number of rotatable bonds is 6. The van der Waals surface area contributed by atoms with Crippen molar-refractivity contribution in [1.82, 2.24) is 5.32 Å². The zero-order valence-corrected chi connectivity index (χ0v) is 9.31. The minimum Gasteiger partial charge on any atom is -0.481 e. The van der Waals surface area contributed by atoms with Crippen molar-refractivity contribution in [2.24, 2.45) is 5.73 Å². The second-order valence-electron chi connectivity index (χ2n) is 4.27. The molecule has 0 bridgehead atoms. The first-order valence-corrected chi connectivity index (χ1v) is 5.40. The summed E-state index contributed by atoms with van der Waals surface area (Å²) in [6.45, 7) is 0. The van der Waals surface area contributed by atoms with Crippen molar-refractivity contribution < 1.29 is 24.6 Å². The number of hydrogen-bond acceptors (Lipinski definition) is 4. The fourth-order valence-electron chi connectivity index (χ4n) is 1.66. The predicted octanol–water partition coefficient (Wildman–Crippen LogP) is -0.698. The largest absolute Gasteiger partial charge is 0.481 e. The van der Waals surface area contributed by atoms with Gasteiger partial charge in [0.15, 0.2) is 0 Å². The first-order chi connectivity index (χ1) is 7.87. The molecule has 7 nitrogen and oxygen atoms in total. The van der Waals surface area contributed by atoms with Gasteiger partial charge in [-0.3, -0.25) is 9.59 Å². The molecule has 1 unspecified atom stereocenters.